The van der Waals surface area contributed by atoms with Gasteiger partial charge < -0.3 is 14.4 Å². The maximum Gasteiger partial charge on any atom is 0.392 e. The Morgan fingerprint density at radius 3 is 2.43 bits per heavy atom. The number of hydrogen-bond acceptors (Lipinski definition) is 4. The van der Waals surface area contributed by atoms with Gasteiger partial charge in [-0.3, -0.25) is 0 Å². The lowest BCUT2D eigenvalue weighted by atomic mass is 10.4. The number of aryl methyl sites for hydroxylation is 1. The Labute approximate surface area is 82.4 Å². The van der Waals surface area contributed by atoms with Gasteiger partial charge in [-0.25, -0.2) is 9.78 Å². The Morgan fingerprint density at radius 1 is 1.50 bits per heavy atom. The molecule has 0 atom stereocenters. The van der Waals surface area contributed by atoms with Crippen LogP contribution in [0.3, 0.4) is 0 Å². The van der Waals surface area contributed by atoms with E-state index in [4.69, 9.17) is 9.52 Å². The number of aromatic nitrogens is 1. The summed E-state index contributed by atoms with van der Waals surface area (Å²) in [5.41, 5.74) is 0.617. The molecule has 14 heavy (non-hydrogen) atoms. The maximum atomic E-state index is 10.6. The average molecular weight is 198 g/mol. The molecule has 78 valence electrons. The van der Waals surface area contributed by atoms with E-state index in [1.54, 1.807) is 6.92 Å². The third-order valence-corrected chi connectivity index (χ3v) is 2.01. The molecule has 0 aliphatic carbocycles. The van der Waals surface area contributed by atoms with Gasteiger partial charge in [-0.1, -0.05) is 0 Å². The fraction of sp³-hybridized carbons (Fsp3) is 0.556. The van der Waals surface area contributed by atoms with Crippen LogP contribution >= 0.6 is 0 Å². The van der Waals surface area contributed by atoms with Crippen molar-refractivity contribution in [3.63, 3.8) is 0 Å². The summed E-state index contributed by atoms with van der Waals surface area (Å²) in [6.45, 7) is 7.23. The molecule has 0 fully saturated rings. The molecule has 1 N–H and O–H groups in total. The fourth-order valence-corrected chi connectivity index (χ4v) is 1.28. The summed E-state index contributed by atoms with van der Waals surface area (Å²) in [4.78, 5) is 16.3. The van der Waals surface area contributed by atoms with Crippen LogP contribution in [0.5, 0.6) is 0 Å². The second-order valence-electron chi connectivity index (χ2n) is 2.89. The molecule has 1 heterocycles. The Bertz CT molecular complexity index is 329. The molecule has 0 bridgehead atoms. The van der Waals surface area contributed by atoms with Crippen LogP contribution in [-0.4, -0.2) is 29.1 Å². The van der Waals surface area contributed by atoms with Crippen LogP contribution < -0.4 is 4.90 Å². The van der Waals surface area contributed by atoms with Crippen molar-refractivity contribution in [2.45, 2.75) is 20.8 Å². The van der Waals surface area contributed by atoms with Crippen molar-refractivity contribution in [3.05, 3.63) is 11.6 Å². The van der Waals surface area contributed by atoms with Crippen LogP contribution in [0.4, 0.5) is 5.88 Å². The van der Waals surface area contributed by atoms with Gasteiger partial charge in [0.1, 0.15) is 5.69 Å². The number of aromatic carboxylic acids is 1. The van der Waals surface area contributed by atoms with E-state index in [9.17, 15) is 4.79 Å². The summed E-state index contributed by atoms with van der Waals surface area (Å²) in [6.07, 6.45) is 0. The lowest BCUT2D eigenvalue weighted by molar-refractivity contribution is 0.0654. The SMILES string of the molecule is CCN(CC)c1oc(C(=O)O)nc1C. The molecule has 0 radical (unpaired) electrons. The highest BCUT2D eigenvalue weighted by molar-refractivity contribution is 5.82. The lowest BCUT2D eigenvalue weighted by Crippen LogP contribution is -2.21. The van der Waals surface area contributed by atoms with Gasteiger partial charge in [0.2, 0.25) is 5.88 Å². The molecule has 5 heteroatoms. The van der Waals surface area contributed by atoms with Crippen LogP contribution in [0, 0.1) is 6.92 Å². The van der Waals surface area contributed by atoms with E-state index in [1.165, 1.54) is 0 Å². The topological polar surface area (TPSA) is 66.6 Å². The first-order valence-electron chi connectivity index (χ1n) is 4.55. The Kier molecular flexibility index (Phi) is 3.11. The van der Waals surface area contributed by atoms with Crippen molar-refractivity contribution >= 4 is 11.9 Å². The standard InChI is InChI=1S/C9H14N2O3/c1-4-11(5-2)8-6(3)10-7(14-8)9(12)13/h4-5H2,1-3H3,(H,12,13). The molecular weight excluding hydrogens is 184 g/mol. The molecule has 0 unspecified atom stereocenters. The predicted molar refractivity (Wildman–Crippen MR) is 51.8 cm³/mol. The smallest absolute Gasteiger partial charge is 0.392 e. The number of carbonyl (C=O) groups is 1. The minimum Gasteiger partial charge on any atom is -0.474 e. The molecule has 1 rings (SSSR count). The summed E-state index contributed by atoms with van der Waals surface area (Å²) < 4.78 is 5.14. The minimum atomic E-state index is -1.13. The van der Waals surface area contributed by atoms with Gasteiger partial charge in [0, 0.05) is 13.1 Å². The molecular formula is C9H14N2O3. The number of carboxylic acid groups (broad SMARTS) is 1. The second-order valence-corrected chi connectivity index (χ2v) is 2.89. The third-order valence-electron chi connectivity index (χ3n) is 2.01. The van der Waals surface area contributed by atoms with Crippen LogP contribution in [-0.2, 0) is 0 Å². The molecule has 0 amide bonds. The monoisotopic (exact) mass is 198 g/mol. The number of anilines is 1. The van der Waals surface area contributed by atoms with Crippen molar-refractivity contribution in [3.8, 4) is 0 Å². The molecule has 0 aliphatic heterocycles. The van der Waals surface area contributed by atoms with Crippen molar-refractivity contribution in [2.24, 2.45) is 0 Å². The highest BCUT2D eigenvalue weighted by Gasteiger charge is 2.18. The Balaban J connectivity index is 3.02. The summed E-state index contributed by atoms with van der Waals surface area (Å²) in [5.74, 6) is -0.830. The van der Waals surface area contributed by atoms with Crippen LogP contribution in [0.2, 0.25) is 0 Å². The average Bonchev–Trinajstić information content (AvgIpc) is 2.51. The first-order valence-corrected chi connectivity index (χ1v) is 4.55. The van der Waals surface area contributed by atoms with E-state index in [0.717, 1.165) is 13.1 Å². The van der Waals surface area contributed by atoms with Crippen LogP contribution in [0.1, 0.15) is 30.2 Å². The van der Waals surface area contributed by atoms with Gasteiger partial charge in [-0.15, -0.1) is 0 Å². The maximum absolute atomic E-state index is 10.6. The van der Waals surface area contributed by atoms with Crippen molar-refractivity contribution in [2.75, 3.05) is 18.0 Å². The third kappa shape index (κ3) is 1.86. The van der Waals surface area contributed by atoms with E-state index in [1.807, 2.05) is 18.7 Å². The van der Waals surface area contributed by atoms with Crippen molar-refractivity contribution < 1.29 is 14.3 Å². The van der Waals surface area contributed by atoms with Crippen molar-refractivity contribution in [1.29, 1.82) is 0 Å². The molecule has 0 aliphatic rings. The van der Waals surface area contributed by atoms with Gasteiger partial charge in [0.25, 0.3) is 0 Å². The quantitative estimate of drug-likeness (QED) is 0.794. The zero-order valence-electron chi connectivity index (χ0n) is 8.57. The summed E-state index contributed by atoms with van der Waals surface area (Å²) >= 11 is 0. The molecule has 0 saturated heterocycles. The van der Waals surface area contributed by atoms with Crippen LogP contribution in [0.15, 0.2) is 4.42 Å². The molecule has 1 aromatic heterocycles. The highest BCUT2D eigenvalue weighted by Crippen LogP contribution is 2.20. The fourth-order valence-electron chi connectivity index (χ4n) is 1.28. The molecule has 0 spiro atoms. The molecule has 0 aromatic carbocycles. The van der Waals surface area contributed by atoms with Gasteiger partial charge >= 0.3 is 11.9 Å². The minimum absolute atomic E-state index is 0.246. The lowest BCUT2D eigenvalue weighted by Gasteiger charge is -2.17. The zero-order chi connectivity index (χ0) is 10.7. The van der Waals surface area contributed by atoms with Gasteiger partial charge in [0.15, 0.2) is 0 Å². The Morgan fingerprint density at radius 2 is 2.07 bits per heavy atom. The van der Waals surface area contributed by atoms with Gasteiger partial charge in [-0.05, 0) is 20.8 Å². The molecule has 0 saturated carbocycles. The zero-order valence-corrected chi connectivity index (χ0v) is 8.57. The van der Waals surface area contributed by atoms with Gasteiger partial charge in [0.05, 0.1) is 0 Å². The van der Waals surface area contributed by atoms with Gasteiger partial charge in [-0.2, -0.15) is 0 Å². The van der Waals surface area contributed by atoms with E-state index in [2.05, 4.69) is 4.98 Å². The van der Waals surface area contributed by atoms with Crippen molar-refractivity contribution in [1.82, 2.24) is 4.98 Å². The summed E-state index contributed by atoms with van der Waals surface area (Å²) in [6, 6.07) is 0. The van der Waals surface area contributed by atoms with Crippen LogP contribution in [0.25, 0.3) is 0 Å². The molecule has 5 nitrogen and oxygen atoms in total. The van der Waals surface area contributed by atoms with E-state index in [-0.39, 0.29) is 5.89 Å². The number of oxazole rings is 1. The summed E-state index contributed by atoms with van der Waals surface area (Å²) in [5, 5.41) is 8.68. The number of carboxylic acids is 1. The van der Waals surface area contributed by atoms with E-state index in [0.29, 0.717) is 11.6 Å². The first kappa shape index (κ1) is 10.6. The number of rotatable bonds is 4. The number of hydrogen-bond donors (Lipinski definition) is 1. The first-order chi connectivity index (χ1) is 6.60. The second kappa shape index (κ2) is 4.13. The number of nitrogens with zero attached hydrogens (tertiary/aromatic N) is 2. The molecule has 1 aromatic rings. The van der Waals surface area contributed by atoms with E-state index >= 15 is 0 Å². The Hall–Kier alpha value is -1.52. The summed E-state index contributed by atoms with van der Waals surface area (Å²) in [7, 11) is 0. The largest absolute Gasteiger partial charge is 0.474 e. The predicted octanol–water partition coefficient (Wildman–Crippen LogP) is 1.53. The van der Waals surface area contributed by atoms with E-state index < -0.39 is 5.97 Å². The normalized spacial score (nSPS) is 10.2. The highest BCUT2D eigenvalue weighted by atomic mass is 16.4.